The van der Waals surface area contributed by atoms with Crippen LogP contribution in [0.25, 0.3) is 16.3 Å². The Labute approximate surface area is 301 Å². The quantitative estimate of drug-likeness (QED) is 0.105. The summed E-state index contributed by atoms with van der Waals surface area (Å²) in [5, 5.41) is 2.62. The molecule has 49 heavy (non-hydrogen) atoms. The normalized spacial score (nSPS) is 13.8. The van der Waals surface area contributed by atoms with Gasteiger partial charge in [-0.25, -0.2) is 0 Å². The van der Waals surface area contributed by atoms with Gasteiger partial charge < -0.3 is 4.90 Å². The number of aromatic nitrogens is 1. The molecule has 0 saturated carbocycles. The lowest BCUT2D eigenvalue weighted by atomic mass is 9.14. The van der Waals surface area contributed by atoms with Gasteiger partial charge in [-0.15, -0.1) is 0 Å². The summed E-state index contributed by atoms with van der Waals surface area (Å²) in [5.74, 6) is 0. The number of hydrogen-bond donors (Lipinski definition) is 0. The lowest BCUT2D eigenvalue weighted by molar-refractivity contribution is -0.665. The minimum Gasteiger partial charge on any atom is -0.335 e. The summed E-state index contributed by atoms with van der Waals surface area (Å²) in [4.78, 5) is 3.75. The van der Waals surface area contributed by atoms with Gasteiger partial charge in [0, 0.05) is 23.6 Å². The summed E-state index contributed by atoms with van der Waals surface area (Å²) in [7, 11) is 0. The van der Waals surface area contributed by atoms with Crippen molar-refractivity contribution in [3.05, 3.63) is 161 Å². The molecule has 0 fully saturated rings. The van der Waals surface area contributed by atoms with E-state index in [4.69, 9.17) is 0 Å². The first kappa shape index (κ1) is 34.5. The monoisotopic (exact) mass is 678 g/mol. The van der Waals surface area contributed by atoms with Crippen molar-refractivity contribution in [3.63, 3.8) is 0 Å². The van der Waals surface area contributed by atoms with Gasteiger partial charge in [-0.1, -0.05) is 158 Å². The molecule has 0 spiro atoms. The topological polar surface area (TPSA) is 7.12 Å². The summed E-state index contributed by atoms with van der Waals surface area (Å²) in [5.41, 5.74) is 8.26. The van der Waals surface area contributed by atoms with Crippen LogP contribution in [0.2, 0.25) is 6.32 Å². The van der Waals surface area contributed by atoms with Gasteiger partial charge in [0.15, 0.2) is 0 Å². The maximum atomic E-state index is 2.40. The molecule has 7 rings (SSSR count). The molecule has 2 nitrogen and oxygen atoms in total. The Hall–Kier alpha value is -4.32. The van der Waals surface area contributed by atoms with Gasteiger partial charge in [0.2, 0.25) is 5.52 Å². The average molecular weight is 679 g/mol. The highest BCUT2D eigenvalue weighted by Crippen LogP contribution is 2.46. The maximum Gasteiger partial charge on any atom is 0.262 e. The number of benzene rings is 5. The van der Waals surface area contributed by atoms with Crippen LogP contribution < -0.4 is 25.9 Å². The van der Waals surface area contributed by atoms with Gasteiger partial charge >= 0.3 is 0 Å². The minimum atomic E-state index is -0.913. The van der Waals surface area contributed by atoms with Crippen molar-refractivity contribution in [1.82, 2.24) is 0 Å². The zero-order valence-electron chi connectivity index (χ0n) is 29.3. The Bertz CT molecular complexity index is 1920. The second kappa shape index (κ2) is 16.4. The van der Waals surface area contributed by atoms with Crippen LogP contribution in [0.15, 0.2) is 161 Å². The van der Waals surface area contributed by atoms with E-state index in [1.807, 2.05) is 23.1 Å². The van der Waals surface area contributed by atoms with Crippen molar-refractivity contribution < 1.29 is 4.57 Å². The Morgan fingerprint density at radius 3 is 1.82 bits per heavy atom. The molecule has 0 bridgehead atoms. The van der Waals surface area contributed by atoms with Crippen molar-refractivity contribution in [1.29, 1.82) is 0 Å². The van der Waals surface area contributed by atoms with E-state index in [0.29, 0.717) is 0 Å². The van der Waals surface area contributed by atoms with E-state index in [1.54, 1.807) is 0 Å². The third-order valence-corrected chi connectivity index (χ3v) is 11.9. The highest BCUT2D eigenvalue weighted by atomic mass is 32.2. The fraction of sp³-hybridized carbons (Fsp3) is 0.205. The molecule has 1 aliphatic rings. The van der Waals surface area contributed by atoms with Gasteiger partial charge in [0.1, 0.15) is 11.2 Å². The van der Waals surface area contributed by atoms with Gasteiger partial charge in [-0.2, -0.15) is 27.3 Å². The van der Waals surface area contributed by atoms with E-state index in [2.05, 4.69) is 189 Å². The summed E-state index contributed by atoms with van der Waals surface area (Å²) >= 11 is 3.73. The van der Waals surface area contributed by atoms with E-state index in [1.165, 1.54) is 72.0 Å². The molecule has 0 saturated heterocycles. The third-order valence-electron chi connectivity index (χ3n) is 9.70. The molecule has 5 aromatic carbocycles. The number of hydrogen-bond acceptors (Lipinski definition) is 3. The number of para-hydroxylation sites is 2. The molecule has 0 atom stereocenters. The zero-order valence-corrected chi connectivity index (χ0v) is 30.9. The average Bonchev–Trinajstić information content (AvgIpc) is 3.69. The second-order valence-electron chi connectivity index (χ2n) is 12.8. The number of thiazole rings is 1. The second-order valence-corrected chi connectivity index (χ2v) is 14.9. The molecule has 1 aliphatic heterocycles. The minimum absolute atomic E-state index is 0.913. The Morgan fingerprint density at radius 1 is 0.694 bits per heavy atom. The summed E-state index contributed by atoms with van der Waals surface area (Å²) in [6.07, 6.45) is 7.36. The summed E-state index contributed by atoms with van der Waals surface area (Å²) < 4.78 is 3.75. The third kappa shape index (κ3) is 7.49. The number of unbranched alkanes of at least 4 members (excludes halogenated alkanes) is 1. The molecule has 0 radical (unpaired) electrons. The van der Waals surface area contributed by atoms with E-state index in [-0.39, 0.29) is 0 Å². The van der Waals surface area contributed by atoms with Crippen molar-refractivity contribution >= 4 is 67.6 Å². The number of fused-ring (bicyclic) bond motifs is 2. The Kier molecular flexibility index (Phi) is 11.6. The van der Waals surface area contributed by atoms with Gasteiger partial charge in [-0.3, -0.25) is 0 Å². The smallest absolute Gasteiger partial charge is 0.262 e. The summed E-state index contributed by atoms with van der Waals surface area (Å²) in [6, 6.07) is 50.5. The lowest BCUT2D eigenvalue weighted by Crippen LogP contribution is -2.66. The van der Waals surface area contributed by atoms with Crippen LogP contribution in [-0.4, -0.2) is 12.7 Å². The van der Waals surface area contributed by atoms with Crippen LogP contribution in [0.1, 0.15) is 45.5 Å². The Morgan fingerprint density at radius 2 is 1.24 bits per heavy atom. The lowest BCUT2D eigenvalue weighted by Gasteiger charge is -2.43. The van der Waals surface area contributed by atoms with Gasteiger partial charge in [0.25, 0.3) is 5.01 Å². The predicted molar refractivity (Wildman–Crippen MR) is 218 cm³/mol. The molecular weight excluding hydrogens is 631 g/mol. The SMILES string of the molecule is CCCC[B-](c1ccccc1)(c1ccccc1)c1ccccc1.CCN1/C(=C/C(C)=C/c2sc3ccccc3[n+]2CC)Sc2ccccc21. The van der Waals surface area contributed by atoms with Crippen molar-refractivity contribution in [2.24, 2.45) is 0 Å². The first-order valence-electron chi connectivity index (χ1n) is 17.8. The zero-order chi connectivity index (χ0) is 34.1. The number of anilines is 1. The molecule has 5 heteroatoms. The van der Waals surface area contributed by atoms with E-state index >= 15 is 0 Å². The molecule has 6 aromatic rings. The molecule has 0 unspecified atom stereocenters. The van der Waals surface area contributed by atoms with E-state index in [9.17, 15) is 0 Å². The number of rotatable bonds is 10. The van der Waals surface area contributed by atoms with Crippen LogP contribution in [0.3, 0.4) is 0 Å². The standard InChI is InChI=1S/C22H24B.C22H23N2S2/c1-2-3-19-23(20-13-7-4-8-14-20,21-15-9-5-10-16-21)22-17-11-6-12-18-22;1-4-23-17-10-6-8-12-19(17)25-21(23)14-16(3)15-22-24(5-2)18-11-7-9-13-20(18)26-22/h4-18H,2-3,19H2,1H3;6-15H,4-5H2,1-3H3/q-1;+1. The predicted octanol–water partition coefficient (Wildman–Crippen LogP) is 10.0. The highest BCUT2D eigenvalue weighted by Gasteiger charge is 2.29. The van der Waals surface area contributed by atoms with Crippen LogP contribution in [0, 0.1) is 0 Å². The largest absolute Gasteiger partial charge is 0.335 e. The van der Waals surface area contributed by atoms with Crippen molar-refractivity contribution in [2.75, 3.05) is 11.4 Å². The number of nitrogens with zero attached hydrogens (tertiary/aromatic N) is 2. The maximum absolute atomic E-state index is 2.40. The first-order valence-corrected chi connectivity index (χ1v) is 19.4. The fourth-order valence-electron chi connectivity index (χ4n) is 7.34. The molecule has 0 aliphatic carbocycles. The van der Waals surface area contributed by atoms with Crippen molar-refractivity contribution in [3.8, 4) is 0 Å². The molecule has 0 amide bonds. The molecule has 2 heterocycles. The number of allylic oxidation sites excluding steroid dienone is 2. The molecule has 1 aromatic heterocycles. The molecule has 0 N–H and O–H groups in total. The van der Waals surface area contributed by atoms with Gasteiger partial charge in [0.05, 0.1) is 16.9 Å². The number of thioether (sulfide) groups is 1. The number of aryl methyl sites for hydroxylation is 1. The molecular formula is C44H47BN2S2. The van der Waals surface area contributed by atoms with Crippen LogP contribution in [-0.2, 0) is 6.54 Å². The summed E-state index contributed by atoms with van der Waals surface area (Å²) in [6.45, 7) is 10.9. The van der Waals surface area contributed by atoms with Crippen LogP contribution >= 0.6 is 23.1 Å². The molecule has 248 valence electrons. The van der Waals surface area contributed by atoms with Crippen LogP contribution in [0.5, 0.6) is 0 Å². The fourth-order valence-corrected chi connectivity index (χ4v) is 9.81. The Balaban J connectivity index is 0.000000171. The van der Waals surface area contributed by atoms with E-state index in [0.717, 1.165) is 13.1 Å². The first-order chi connectivity index (χ1) is 24.1. The highest BCUT2D eigenvalue weighted by molar-refractivity contribution is 8.03. The van der Waals surface area contributed by atoms with Gasteiger partial charge in [-0.05, 0) is 50.6 Å². The van der Waals surface area contributed by atoms with Crippen molar-refractivity contribution in [2.45, 2.75) is 58.3 Å². The van der Waals surface area contributed by atoms with E-state index < -0.39 is 6.15 Å². The van der Waals surface area contributed by atoms with Crippen LogP contribution in [0.4, 0.5) is 5.69 Å².